The number of hydrogen-bond acceptors (Lipinski definition) is 5. The molecule has 2 rings (SSSR count). The second-order valence-corrected chi connectivity index (χ2v) is 5.33. The van der Waals surface area contributed by atoms with Gasteiger partial charge in [-0.3, -0.25) is 0 Å². The highest BCUT2D eigenvalue weighted by Gasteiger charge is 2.31. The number of nitrogens with zero attached hydrogens (tertiary/aromatic N) is 1. The fourth-order valence-corrected chi connectivity index (χ4v) is 1.88. The van der Waals surface area contributed by atoms with Gasteiger partial charge in [0.2, 0.25) is 0 Å². The van der Waals surface area contributed by atoms with E-state index in [9.17, 15) is 13.2 Å². The molecule has 0 atom stereocenters. The molecule has 112 valence electrons. The summed E-state index contributed by atoms with van der Waals surface area (Å²) >= 11 is 1.11. The molecular weight excluding hydrogens is 324 g/mol. The molecule has 0 bridgehead atoms. The van der Waals surface area contributed by atoms with Crippen LogP contribution >= 0.6 is 19.2 Å². The molecule has 0 radical (unpaired) electrons. The molecule has 7 nitrogen and oxygen atoms in total. The maximum Gasteiger partial charge on any atom is 0.573 e. The molecule has 12 heteroatoms. The lowest BCUT2D eigenvalue weighted by molar-refractivity contribution is -0.274. The van der Waals surface area contributed by atoms with Crippen molar-refractivity contribution in [3.63, 3.8) is 0 Å². The molecule has 0 aliphatic rings. The minimum Gasteiger partial charge on any atom is -0.406 e. The highest BCUT2D eigenvalue weighted by atomic mass is 32.1. The number of rotatable bonds is 1. The molecule has 0 aliphatic heterocycles. The van der Waals surface area contributed by atoms with Crippen LogP contribution in [0.2, 0.25) is 0 Å². The summed E-state index contributed by atoms with van der Waals surface area (Å²) in [6.45, 7) is 0. The first-order chi connectivity index (χ1) is 8.94. The highest BCUT2D eigenvalue weighted by Crippen LogP contribution is 2.30. The van der Waals surface area contributed by atoms with E-state index in [1.807, 2.05) is 0 Å². The Morgan fingerprint density at radius 1 is 1.30 bits per heavy atom. The number of aromatic nitrogens is 1. The number of hydrogen-bond donors (Lipinski definition) is 4. The summed E-state index contributed by atoms with van der Waals surface area (Å²) in [6.07, 6.45) is -4.68. The van der Waals surface area contributed by atoms with Crippen molar-refractivity contribution in [2.45, 2.75) is 6.36 Å². The maximum atomic E-state index is 11.9. The molecule has 1 aromatic carbocycles. The Morgan fingerprint density at radius 2 is 1.85 bits per heavy atom. The van der Waals surface area contributed by atoms with Crippen molar-refractivity contribution in [2.75, 3.05) is 5.73 Å². The van der Waals surface area contributed by atoms with Crippen LogP contribution in [0.4, 0.5) is 18.3 Å². The second kappa shape index (κ2) is 5.94. The van der Waals surface area contributed by atoms with Crippen LogP contribution in [0.25, 0.3) is 10.2 Å². The zero-order valence-corrected chi connectivity index (χ0v) is 11.1. The zero-order valence-electron chi connectivity index (χ0n) is 9.40. The van der Waals surface area contributed by atoms with Crippen molar-refractivity contribution in [1.82, 2.24) is 4.98 Å². The van der Waals surface area contributed by atoms with E-state index in [1.54, 1.807) is 0 Å². The van der Waals surface area contributed by atoms with E-state index in [4.69, 9.17) is 25.0 Å². The lowest BCUT2D eigenvalue weighted by atomic mass is 10.3. The number of alkyl halides is 3. The van der Waals surface area contributed by atoms with Gasteiger partial charge in [0.25, 0.3) is 0 Å². The average molecular weight is 332 g/mol. The number of thiazole rings is 1. The number of fused-ring (bicyclic) bond motifs is 1. The van der Waals surface area contributed by atoms with E-state index in [2.05, 4.69) is 9.72 Å². The second-order valence-electron chi connectivity index (χ2n) is 3.24. The predicted molar refractivity (Wildman–Crippen MR) is 65.0 cm³/mol. The summed E-state index contributed by atoms with van der Waals surface area (Å²) < 4.78 is 48.9. The first-order valence-electron chi connectivity index (χ1n) is 4.64. The van der Waals surface area contributed by atoms with Crippen molar-refractivity contribution < 1.29 is 37.2 Å². The first kappa shape index (κ1) is 16.7. The third-order valence-corrected chi connectivity index (χ3v) is 2.46. The van der Waals surface area contributed by atoms with Crippen LogP contribution in [0, 0.1) is 0 Å². The molecule has 0 spiro atoms. The number of anilines is 1. The SMILES string of the molecule is Nc1nc2ccc(OC(F)(F)F)cc2s1.O=P(O)(O)O. The van der Waals surface area contributed by atoms with Crippen LogP contribution in [0.15, 0.2) is 18.2 Å². The van der Waals surface area contributed by atoms with E-state index in [0.29, 0.717) is 15.3 Å². The van der Waals surface area contributed by atoms with Gasteiger partial charge in [0.15, 0.2) is 5.13 Å². The average Bonchev–Trinajstić information content (AvgIpc) is 2.51. The van der Waals surface area contributed by atoms with Gasteiger partial charge in [-0.05, 0) is 12.1 Å². The quantitative estimate of drug-likeness (QED) is 0.587. The van der Waals surface area contributed by atoms with Crippen molar-refractivity contribution in [2.24, 2.45) is 0 Å². The molecule has 0 unspecified atom stereocenters. The van der Waals surface area contributed by atoms with Crippen molar-refractivity contribution in [3.8, 4) is 5.75 Å². The molecule has 0 saturated carbocycles. The van der Waals surface area contributed by atoms with Gasteiger partial charge in [-0.25, -0.2) is 9.55 Å². The Hall–Kier alpha value is -1.39. The van der Waals surface area contributed by atoms with Crippen LogP contribution in [0.5, 0.6) is 5.75 Å². The Morgan fingerprint density at radius 3 is 2.35 bits per heavy atom. The van der Waals surface area contributed by atoms with Gasteiger partial charge in [-0.1, -0.05) is 11.3 Å². The van der Waals surface area contributed by atoms with E-state index in [1.165, 1.54) is 18.2 Å². The minimum atomic E-state index is -4.68. The van der Waals surface area contributed by atoms with Gasteiger partial charge in [-0.2, -0.15) is 0 Å². The third-order valence-electron chi connectivity index (χ3n) is 1.61. The third kappa shape index (κ3) is 6.68. The maximum absolute atomic E-state index is 11.9. The van der Waals surface area contributed by atoms with Crippen LogP contribution in [-0.2, 0) is 4.57 Å². The summed E-state index contributed by atoms with van der Waals surface area (Å²) in [5, 5.41) is 0.314. The Kier molecular flexibility index (Phi) is 4.95. The van der Waals surface area contributed by atoms with Crippen LogP contribution in [-0.4, -0.2) is 26.0 Å². The molecule has 0 saturated heterocycles. The number of benzene rings is 1. The van der Waals surface area contributed by atoms with Crippen LogP contribution in [0.3, 0.4) is 0 Å². The van der Waals surface area contributed by atoms with Crippen molar-refractivity contribution in [3.05, 3.63) is 18.2 Å². The number of halogens is 3. The highest BCUT2D eigenvalue weighted by molar-refractivity contribution is 7.45. The van der Waals surface area contributed by atoms with Gasteiger partial charge in [0.1, 0.15) is 5.75 Å². The van der Waals surface area contributed by atoms with E-state index < -0.39 is 14.2 Å². The van der Waals surface area contributed by atoms with E-state index in [-0.39, 0.29) is 5.75 Å². The number of nitrogen functional groups attached to an aromatic ring is 1. The van der Waals surface area contributed by atoms with Crippen LogP contribution < -0.4 is 10.5 Å². The summed E-state index contributed by atoms with van der Waals surface area (Å²) in [5.74, 6) is -0.265. The standard InChI is InChI=1S/C8H5F3N2OS.H3O4P/c9-8(10,11)14-4-1-2-5-6(3-4)15-7(12)13-5;1-5(2,3)4/h1-3H,(H2,12,13);(H3,1,2,3,4). The molecule has 1 heterocycles. The van der Waals surface area contributed by atoms with Gasteiger partial charge >= 0.3 is 14.2 Å². The molecule has 0 fully saturated rings. The topological polar surface area (TPSA) is 126 Å². The smallest absolute Gasteiger partial charge is 0.406 e. The summed E-state index contributed by atoms with van der Waals surface area (Å²) in [4.78, 5) is 25.5. The Labute approximate surface area is 113 Å². The molecule has 0 amide bonds. The minimum absolute atomic E-state index is 0.265. The summed E-state index contributed by atoms with van der Waals surface area (Å²) in [5.41, 5.74) is 5.97. The molecule has 20 heavy (non-hydrogen) atoms. The molecule has 5 N–H and O–H groups in total. The summed E-state index contributed by atoms with van der Waals surface area (Å²) in [6, 6.07) is 3.90. The molecule has 1 aromatic heterocycles. The predicted octanol–water partition coefficient (Wildman–Crippen LogP) is 1.85. The lowest BCUT2D eigenvalue weighted by Crippen LogP contribution is -2.16. The van der Waals surface area contributed by atoms with Crippen molar-refractivity contribution in [1.29, 1.82) is 0 Å². The lowest BCUT2D eigenvalue weighted by Gasteiger charge is -2.07. The summed E-state index contributed by atoms with van der Waals surface area (Å²) in [7, 11) is -4.64. The number of phosphoric acid groups is 1. The van der Waals surface area contributed by atoms with Gasteiger partial charge in [-0.15, -0.1) is 13.2 Å². The van der Waals surface area contributed by atoms with Crippen molar-refractivity contribution >= 4 is 34.5 Å². The largest absolute Gasteiger partial charge is 0.573 e. The first-order valence-corrected chi connectivity index (χ1v) is 7.02. The number of nitrogens with two attached hydrogens (primary N) is 1. The fourth-order valence-electron chi connectivity index (χ4n) is 1.12. The Balaban J connectivity index is 0.000000347. The Bertz CT molecular complexity index is 632. The molecule has 2 aromatic rings. The monoisotopic (exact) mass is 332 g/mol. The van der Waals surface area contributed by atoms with Crippen LogP contribution in [0.1, 0.15) is 0 Å². The number of ether oxygens (including phenoxy) is 1. The fraction of sp³-hybridized carbons (Fsp3) is 0.125. The normalized spacial score (nSPS) is 11.9. The van der Waals surface area contributed by atoms with Gasteiger partial charge < -0.3 is 25.2 Å². The van der Waals surface area contributed by atoms with Gasteiger partial charge in [0, 0.05) is 6.07 Å². The molecule has 0 aliphatic carbocycles. The van der Waals surface area contributed by atoms with Gasteiger partial charge in [0.05, 0.1) is 10.2 Å². The molecular formula is C8H8F3N2O5PS. The zero-order chi connectivity index (χ0) is 15.6. The van der Waals surface area contributed by atoms with E-state index >= 15 is 0 Å². The van der Waals surface area contributed by atoms with E-state index in [0.717, 1.165) is 11.3 Å².